The Morgan fingerprint density at radius 3 is 2.65 bits per heavy atom. The summed E-state index contributed by atoms with van der Waals surface area (Å²) in [7, 11) is 0. The van der Waals surface area contributed by atoms with Crippen LogP contribution in [0.5, 0.6) is 0 Å². The third-order valence-electron chi connectivity index (χ3n) is 4.51. The van der Waals surface area contributed by atoms with Gasteiger partial charge in [-0.2, -0.15) is 5.10 Å². The van der Waals surface area contributed by atoms with Crippen LogP contribution in [0.1, 0.15) is 43.7 Å². The summed E-state index contributed by atoms with van der Waals surface area (Å²) in [4.78, 5) is 0. The predicted octanol–water partition coefficient (Wildman–Crippen LogP) is 3.49. The fraction of sp³-hybridized carbons (Fsp3) is 0.471. The van der Waals surface area contributed by atoms with Gasteiger partial charge in [-0.1, -0.05) is 37.5 Å². The van der Waals surface area contributed by atoms with E-state index in [4.69, 9.17) is 5.73 Å². The monoisotopic (exact) mass is 269 g/mol. The zero-order valence-corrected chi connectivity index (χ0v) is 11.9. The highest BCUT2D eigenvalue weighted by Gasteiger charge is 2.26. The van der Waals surface area contributed by atoms with Crippen LogP contribution in [0.4, 0.5) is 0 Å². The zero-order chi connectivity index (χ0) is 13.8. The van der Waals surface area contributed by atoms with Gasteiger partial charge in [-0.25, -0.2) is 4.68 Å². The van der Waals surface area contributed by atoms with Crippen LogP contribution >= 0.6 is 0 Å². The molecule has 0 spiro atoms. The molecule has 1 aliphatic carbocycles. The summed E-state index contributed by atoms with van der Waals surface area (Å²) in [5.41, 5.74) is 8.50. The topological polar surface area (TPSA) is 43.8 Å². The summed E-state index contributed by atoms with van der Waals surface area (Å²) in [6.07, 6.45) is 8.37. The van der Waals surface area contributed by atoms with Crippen molar-refractivity contribution in [2.24, 2.45) is 11.7 Å². The molecule has 1 saturated carbocycles. The lowest BCUT2D eigenvalue weighted by Gasteiger charge is -2.24. The molecule has 1 aromatic heterocycles. The summed E-state index contributed by atoms with van der Waals surface area (Å²) in [5.74, 6) is 1.14. The van der Waals surface area contributed by atoms with Crippen LogP contribution in [0.2, 0.25) is 0 Å². The lowest BCUT2D eigenvalue weighted by atomic mass is 9.85. The molecule has 0 saturated heterocycles. The van der Waals surface area contributed by atoms with Crippen molar-refractivity contribution in [3.05, 3.63) is 48.3 Å². The molecule has 2 N–H and O–H groups in total. The summed E-state index contributed by atoms with van der Waals surface area (Å²) in [6, 6.07) is 12.6. The fourth-order valence-corrected chi connectivity index (χ4v) is 3.44. The Labute approximate surface area is 120 Å². The van der Waals surface area contributed by atoms with E-state index < -0.39 is 0 Å². The first-order valence-corrected chi connectivity index (χ1v) is 7.69. The van der Waals surface area contributed by atoms with E-state index >= 15 is 0 Å². The second-order valence-electron chi connectivity index (χ2n) is 5.74. The Hall–Kier alpha value is -1.61. The van der Waals surface area contributed by atoms with Crippen molar-refractivity contribution in [2.45, 2.75) is 38.0 Å². The summed E-state index contributed by atoms with van der Waals surface area (Å²) in [6.45, 7) is 0.782. The van der Waals surface area contributed by atoms with E-state index in [-0.39, 0.29) is 0 Å². The van der Waals surface area contributed by atoms with E-state index in [2.05, 4.69) is 40.1 Å². The molecule has 1 fully saturated rings. The molecule has 3 heteroatoms. The number of nitrogens with zero attached hydrogens (tertiary/aromatic N) is 2. The molecule has 20 heavy (non-hydrogen) atoms. The summed E-state index contributed by atoms with van der Waals surface area (Å²) >= 11 is 0. The Morgan fingerprint density at radius 1 is 1.05 bits per heavy atom. The van der Waals surface area contributed by atoms with E-state index in [1.807, 2.05) is 12.3 Å². The molecular weight excluding hydrogens is 246 g/mol. The molecule has 2 atom stereocenters. The second-order valence-corrected chi connectivity index (χ2v) is 5.74. The second kappa shape index (κ2) is 6.23. The van der Waals surface area contributed by atoms with Gasteiger partial charge in [0.2, 0.25) is 0 Å². The zero-order valence-electron chi connectivity index (χ0n) is 11.9. The molecule has 0 aliphatic heterocycles. The first kappa shape index (κ1) is 13.4. The third kappa shape index (κ3) is 2.63. The highest BCUT2D eigenvalue weighted by molar-refractivity contribution is 5.33. The van der Waals surface area contributed by atoms with E-state index in [0.717, 1.165) is 12.2 Å². The van der Waals surface area contributed by atoms with Gasteiger partial charge in [-0.15, -0.1) is 0 Å². The molecule has 0 amide bonds. The number of hydrogen-bond acceptors (Lipinski definition) is 2. The quantitative estimate of drug-likeness (QED) is 0.867. The van der Waals surface area contributed by atoms with E-state index in [0.29, 0.717) is 11.8 Å². The summed E-state index contributed by atoms with van der Waals surface area (Å²) in [5, 5.41) is 4.54. The van der Waals surface area contributed by atoms with Crippen molar-refractivity contribution in [3.8, 4) is 5.69 Å². The third-order valence-corrected chi connectivity index (χ3v) is 4.51. The molecule has 3 nitrogen and oxygen atoms in total. The maximum atomic E-state index is 6.03. The van der Waals surface area contributed by atoms with Crippen LogP contribution in [-0.2, 0) is 0 Å². The minimum absolute atomic E-state index is 0.546. The molecule has 0 radical (unpaired) electrons. The Morgan fingerprint density at radius 2 is 1.85 bits per heavy atom. The molecule has 1 heterocycles. The van der Waals surface area contributed by atoms with Gasteiger partial charge in [-0.05, 0) is 43.5 Å². The Kier molecular flexibility index (Phi) is 4.16. The van der Waals surface area contributed by atoms with Crippen molar-refractivity contribution in [1.29, 1.82) is 0 Å². The number of hydrogen-bond donors (Lipinski definition) is 1. The SMILES string of the molecule is NCC1CCCCCC1c1ccnn1-c1ccccc1. The van der Waals surface area contributed by atoms with E-state index in [1.54, 1.807) is 0 Å². The van der Waals surface area contributed by atoms with Crippen LogP contribution < -0.4 is 5.73 Å². The van der Waals surface area contributed by atoms with Crippen molar-refractivity contribution in [1.82, 2.24) is 9.78 Å². The van der Waals surface area contributed by atoms with Gasteiger partial charge >= 0.3 is 0 Å². The van der Waals surface area contributed by atoms with Crippen molar-refractivity contribution in [3.63, 3.8) is 0 Å². The number of aromatic nitrogens is 2. The van der Waals surface area contributed by atoms with Crippen molar-refractivity contribution >= 4 is 0 Å². The Bertz CT molecular complexity index is 532. The van der Waals surface area contributed by atoms with E-state index in [9.17, 15) is 0 Å². The number of benzene rings is 1. The fourth-order valence-electron chi connectivity index (χ4n) is 3.44. The smallest absolute Gasteiger partial charge is 0.0648 e. The van der Waals surface area contributed by atoms with Gasteiger partial charge in [0.15, 0.2) is 0 Å². The largest absolute Gasteiger partial charge is 0.330 e. The van der Waals surface area contributed by atoms with Gasteiger partial charge in [-0.3, -0.25) is 0 Å². The first-order chi connectivity index (χ1) is 9.90. The minimum atomic E-state index is 0.546. The molecule has 1 aliphatic rings. The van der Waals surface area contributed by atoms with Crippen LogP contribution in [0.3, 0.4) is 0 Å². The lowest BCUT2D eigenvalue weighted by molar-refractivity contribution is 0.395. The van der Waals surface area contributed by atoms with E-state index in [1.165, 1.54) is 37.8 Å². The number of para-hydroxylation sites is 1. The van der Waals surface area contributed by atoms with Gasteiger partial charge in [0, 0.05) is 17.8 Å². The van der Waals surface area contributed by atoms with Crippen LogP contribution in [0.25, 0.3) is 5.69 Å². The molecule has 3 rings (SSSR count). The maximum absolute atomic E-state index is 6.03. The normalized spacial score (nSPS) is 23.4. The van der Waals surface area contributed by atoms with Crippen LogP contribution in [0, 0.1) is 5.92 Å². The van der Waals surface area contributed by atoms with Gasteiger partial charge in [0.05, 0.1) is 5.69 Å². The van der Waals surface area contributed by atoms with Crippen molar-refractivity contribution < 1.29 is 0 Å². The molecule has 0 bridgehead atoms. The molecule has 2 unspecified atom stereocenters. The molecule has 106 valence electrons. The first-order valence-electron chi connectivity index (χ1n) is 7.69. The molecule has 2 aromatic rings. The molecular formula is C17H23N3. The lowest BCUT2D eigenvalue weighted by Crippen LogP contribution is -2.23. The Balaban J connectivity index is 1.95. The highest BCUT2D eigenvalue weighted by Crippen LogP contribution is 2.36. The van der Waals surface area contributed by atoms with Gasteiger partial charge in [0.25, 0.3) is 0 Å². The van der Waals surface area contributed by atoms with Crippen molar-refractivity contribution in [2.75, 3.05) is 6.54 Å². The predicted molar refractivity (Wildman–Crippen MR) is 81.9 cm³/mol. The molecule has 1 aromatic carbocycles. The average molecular weight is 269 g/mol. The average Bonchev–Trinajstić information content (AvgIpc) is 2.86. The standard InChI is InChI=1S/C17H23N3/c18-13-14-7-3-1-6-10-16(14)17-11-12-19-20(17)15-8-4-2-5-9-15/h2,4-5,8-9,11-12,14,16H,1,3,6-7,10,13,18H2. The van der Waals surface area contributed by atoms with Crippen LogP contribution in [0.15, 0.2) is 42.6 Å². The van der Waals surface area contributed by atoms with Gasteiger partial charge in [0.1, 0.15) is 0 Å². The number of rotatable bonds is 3. The maximum Gasteiger partial charge on any atom is 0.0648 e. The minimum Gasteiger partial charge on any atom is -0.330 e. The summed E-state index contributed by atoms with van der Waals surface area (Å²) < 4.78 is 2.10. The highest BCUT2D eigenvalue weighted by atomic mass is 15.3. The number of nitrogens with two attached hydrogens (primary N) is 1. The van der Waals surface area contributed by atoms with Gasteiger partial charge < -0.3 is 5.73 Å². The van der Waals surface area contributed by atoms with Crippen LogP contribution in [-0.4, -0.2) is 16.3 Å².